The molecule has 0 atom stereocenters. The number of benzene rings is 1. The van der Waals surface area contributed by atoms with Crippen molar-refractivity contribution in [2.24, 2.45) is 4.99 Å². The van der Waals surface area contributed by atoms with Crippen molar-refractivity contribution >= 4 is 11.6 Å². The van der Waals surface area contributed by atoms with E-state index in [1.807, 2.05) is 0 Å². The van der Waals surface area contributed by atoms with E-state index in [-0.39, 0.29) is 5.69 Å². The van der Waals surface area contributed by atoms with Crippen molar-refractivity contribution in [2.75, 3.05) is 59.2 Å². The number of morpholine rings is 1. The average molecular weight is 436 g/mol. The Kier molecular flexibility index (Phi) is 12.6. The van der Waals surface area contributed by atoms with Crippen LogP contribution in [0.5, 0.6) is 0 Å². The fraction of sp³-hybridized carbons (Fsp3) is 0.682. The second kappa shape index (κ2) is 15.6. The van der Waals surface area contributed by atoms with E-state index >= 15 is 0 Å². The predicted molar refractivity (Wildman–Crippen MR) is 122 cm³/mol. The lowest BCUT2D eigenvalue weighted by Gasteiger charge is -2.26. The molecule has 1 fully saturated rings. The van der Waals surface area contributed by atoms with E-state index in [0.717, 1.165) is 96.4 Å². The number of nitro groups is 1. The van der Waals surface area contributed by atoms with Gasteiger partial charge in [0, 0.05) is 51.5 Å². The molecule has 0 aliphatic carbocycles. The van der Waals surface area contributed by atoms with Gasteiger partial charge in [-0.3, -0.25) is 15.0 Å². The zero-order valence-electron chi connectivity index (χ0n) is 18.7. The number of non-ortho nitro benzene ring substituents is 1. The van der Waals surface area contributed by atoms with Crippen LogP contribution in [-0.2, 0) is 16.0 Å². The maximum atomic E-state index is 10.8. The summed E-state index contributed by atoms with van der Waals surface area (Å²) in [7, 11) is 0. The Hall–Kier alpha value is -2.23. The lowest BCUT2D eigenvalue weighted by Crippen LogP contribution is -2.41. The second-order valence-corrected chi connectivity index (χ2v) is 7.57. The van der Waals surface area contributed by atoms with Crippen molar-refractivity contribution in [3.05, 3.63) is 39.9 Å². The molecule has 1 aliphatic rings. The molecule has 0 unspecified atom stereocenters. The van der Waals surface area contributed by atoms with Crippen molar-refractivity contribution < 1.29 is 14.4 Å². The molecule has 0 spiro atoms. The van der Waals surface area contributed by atoms with Crippen molar-refractivity contribution in [1.29, 1.82) is 0 Å². The van der Waals surface area contributed by atoms with Gasteiger partial charge in [-0.15, -0.1) is 0 Å². The van der Waals surface area contributed by atoms with Crippen LogP contribution in [0.15, 0.2) is 29.3 Å². The first kappa shape index (κ1) is 25.0. The fourth-order valence-corrected chi connectivity index (χ4v) is 3.13. The third-order valence-corrected chi connectivity index (χ3v) is 5.01. The molecule has 1 aromatic rings. The number of nitrogens with one attached hydrogen (secondary N) is 2. The van der Waals surface area contributed by atoms with E-state index < -0.39 is 4.92 Å². The molecule has 0 amide bonds. The van der Waals surface area contributed by atoms with E-state index in [9.17, 15) is 10.1 Å². The van der Waals surface area contributed by atoms with Gasteiger partial charge in [0.2, 0.25) is 0 Å². The molecule has 0 saturated carbocycles. The first-order valence-corrected chi connectivity index (χ1v) is 11.3. The van der Waals surface area contributed by atoms with Gasteiger partial charge in [-0.05, 0) is 31.4 Å². The first-order valence-electron chi connectivity index (χ1n) is 11.3. The largest absolute Gasteiger partial charge is 0.381 e. The van der Waals surface area contributed by atoms with Gasteiger partial charge < -0.3 is 20.1 Å². The van der Waals surface area contributed by atoms with Crippen LogP contribution in [-0.4, -0.2) is 74.9 Å². The second-order valence-electron chi connectivity index (χ2n) is 7.57. The van der Waals surface area contributed by atoms with Crippen LogP contribution >= 0.6 is 0 Å². The summed E-state index contributed by atoms with van der Waals surface area (Å²) >= 11 is 0. The minimum absolute atomic E-state index is 0.0930. The molecule has 174 valence electrons. The summed E-state index contributed by atoms with van der Waals surface area (Å²) < 4.78 is 11.0. The molecule has 1 aromatic carbocycles. The molecule has 1 saturated heterocycles. The monoisotopic (exact) mass is 435 g/mol. The van der Waals surface area contributed by atoms with Gasteiger partial charge in [-0.1, -0.05) is 25.5 Å². The molecule has 1 aliphatic heterocycles. The van der Waals surface area contributed by atoms with Crippen LogP contribution in [0.1, 0.15) is 38.2 Å². The van der Waals surface area contributed by atoms with Crippen molar-refractivity contribution in [2.45, 2.75) is 39.2 Å². The van der Waals surface area contributed by atoms with Crippen LogP contribution in [0.25, 0.3) is 0 Å². The molecule has 31 heavy (non-hydrogen) atoms. The molecule has 0 aromatic heterocycles. The topological polar surface area (TPSA) is 101 Å². The zero-order valence-corrected chi connectivity index (χ0v) is 18.7. The summed E-state index contributed by atoms with van der Waals surface area (Å²) in [6, 6.07) is 6.53. The normalized spacial score (nSPS) is 15.1. The summed E-state index contributed by atoms with van der Waals surface area (Å²) in [4.78, 5) is 17.5. The molecular formula is C22H37N5O4. The number of rotatable bonds is 14. The number of hydrogen-bond acceptors (Lipinski definition) is 6. The smallest absolute Gasteiger partial charge is 0.269 e. The summed E-state index contributed by atoms with van der Waals surface area (Å²) in [5.74, 6) is 0.758. The van der Waals surface area contributed by atoms with E-state index in [1.165, 1.54) is 12.1 Å². The Bertz CT molecular complexity index is 648. The molecular weight excluding hydrogens is 398 g/mol. The van der Waals surface area contributed by atoms with Gasteiger partial charge in [0.15, 0.2) is 5.96 Å². The van der Waals surface area contributed by atoms with Gasteiger partial charge >= 0.3 is 0 Å². The maximum Gasteiger partial charge on any atom is 0.269 e. The number of ether oxygens (including phenoxy) is 2. The Morgan fingerprint density at radius 2 is 1.81 bits per heavy atom. The highest BCUT2D eigenvalue weighted by Gasteiger charge is 2.09. The van der Waals surface area contributed by atoms with Gasteiger partial charge in [-0.25, -0.2) is 4.99 Å². The molecule has 9 nitrogen and oxygen atoms in total. The number of unbranched alkanes of at least 4 members (excludes halogenated alkanes) is 1. The van der Waals surface area contributed by atoms with Gasteiger partial charge in [0.1, 0.15) is 0 Å². The van der Waals surface area contributed by atoms with Crippen molar-refractivity contribution in [3.8, 4) is 0 Å². The number of guanidine groups is 1. The summed E-state index contributed by atoms with van der Waals surface area (Å²) in [5, 5.41) is 17.6. The Balaban J connectivity index is 1.77. The minimum atomic E-state index is -0.390. The van der Waals surface area contributed by atoms with Gasteiger partial charge in [-0.2, -0.15) is 0 Å². The van der Waals surface area contributed by atoms with E-state index in [2.05, 4.69) is 27.4 Å². The van der Waals surface area contributed by atoms with Gasteiger partial charge in [0.05, 0.1) is 24.7 Å². The predicted octanol–water partition coefficient (Wildman–Crippen LogP) is 2.56. The van der Waals surface area contributed by atoms with Crippen molar-refractivity contribution in [3.63, 3.8) is 0 Å². The van der Waals surface area contributed by atoms with Crippen LogP contribution < -0.4 is 10.6 Å². The standard InChI is InChI=1S/C22H37N5O4/c1-2-3-15-30-16-5-11-24-22(23-10-4-12-26-13-17-31-18-14-26)25-19-20-6-8-21(9-7-20)27(28)29/h6-9H,2-5,10-19H2,1H3,(H2,23,24,25). The Labute approximate surface area is 185 Å². The molecule has 2 rings (SSSR count). The number of aliphatic imine (C=N–C) groups is 1. The number of nitrogens with zero attached hydrogens (tertiary/aromatic N) is 3. The minimum Gasteiger partial charge on any atom is -0.381 e. The Morgan fingerprint density at radius 3 is 2.48 bits per heavy atom. The van der Waals surface area contributed by atoms with Crippen LogP contribution in [0.2, 0.25) is 0 Å². The molecule has 1 heterocycles. The van der Waals surface area contributed by atoms with E-state index in [4.69, 9.17) is 9.47 Å². The lowest BCUT2D eigenvalue weighted by molar-refractivity contribution is -0.384. The Morgan fingerprint density at radius 1 is 1.13 bits per heavy atom. The zero-order chi connectivity index (χ0) is 22.2. The SMILES string of the molecule is CCCCOCCCNC(=NCc1ccc([N+](=O)[O-])cc1)NCCCN1CCOCC1. The van der Waals surface area contributed by atoms with Crippen LogP contribution in [0, 0.1) is 10.1 Å². The van der Waals surface area contributed by atoms with Gasteiger partial charge in [0.25, 0.3) is 5.69 Å². The van der Waals surface area contributed by atoms with E-state index in [1.54, 1.807) is 12.1 Å². The molecule has 2 N–H and O–H groups in total. The highest BCUT2D eigenvalue weighted by atomic mass is 16.6. The molecule has 0 bridgehead atoms. The van der Waals surface area contributed by atoms with Crippen molar-refractivity contribution in [1.82, 2.24) is 15.5 Å². The highest BCUT2D eigenvalue weighted by Crippen LogP contribution is 2.12. The molecule has 0 radical (unpaired) electrons. The first-order chi connectivity index (χ1) is 15.2. The summed E-state index contributed by atoms with van der Waals surface area (Å²) in [6.45, 7) is 10.4. The summed E-state index contributed by atoms with van der Waals surface area (Å²) in [5.41, 5.74) is 1.03. The molecule has 9 heteroatoms. The van der Waals surface area contributed by atoms with Crippen LogP contribution in [0.3, 0.4) is 0 Å². The third-order valence-electron chi connectivity index (χ3n) is 5.01. The number of hydrogen-bond donors (Lipinski definition) is 2. The third kappa shape index (κ3) is 11.1. The van der Waals surface area contributed by atoms with E-state index in [0.29, 0.717) is 6.54 Å². The quantitative estimate of drug-likeness (QED) is 0.152. The fourth-order valence-electron chi connectivity index (χ4n) is 3.13. The van der Waals surface area contributed by atoms with Crippen LogP contribution in [0.4, 0.5) is 5.69 Å². The highest BCUT2D eigenvalue weighted by molar-refractivity contribution is 5.79. The summed E-state index contributed by atoms with van der Waals surface area (Å²) in [6.07, 6.45) is 4.18. The lowest BCUT2D eigenvalue weighted by atomic mass is 10.2. The number of nitro benzene ring substituents is 1. The average Bonchev–Trinajstić information content (AvgIpc) is 2.80. The maximum absolute atomic E-state index is 10.8.